The third-order valence-corrected chi connectivity index (χ3v) is 5.95. The van der Waals surface area contributed by atoms with Crippen LogP contribution in [0, 0.1) is 0 Å². The van der Waals surface area contributed by atoms with Crippen LogP contribution in [0.4, 0.5) is 50.8 Å². The standard InChI is InChI=1S/C25H25F5N6O2/c1-2-15-4-3-5-19(17(15)14-37)33-22-18(25(28,29)30)13-32-24(35-22)34-20-7-6-16(12-21(20)38-23(26)27)36-10-8-31-9-11-36/h3-7,12-14,23,31H,2,8-11H2,1H3,(H2,32,33,34,35). The molecule has 2 aromatic carbocycles. The average molecular weight is 537 g/mol. The van der Waals surface area contributed by atoms with E-state index < -0.39 is 24.2 Å². The molecule has 4 rings (SSSR count). The predicted octanol–water partition coefficient (Wildman–Crippen LogP) is 5.37. The number of carbonyl (C=O) groups excluding carboxylic acids is 1. The molecule has 3 N–H and O–H groups in total. The molecule has 1 fully saturated rings. The van der Waals surface area contributed by atoms with Crippen LogP contribution in [-0.4, -0.2) is 49.0 Å². The summed E-state index contributed by atoms with van der Waals surface area (Å²) in [6.07, 6.45) is -3.18. The number of rotatable bonds is 9. The maximum absolute atomic E-state index is 13.7. The Kier molecular flexibility index (Phi) is 8.25. The second kappa shape index (κ2) is 11.6. The van der Waals surface area contributed by atoms with Crippen LogP contribution in [0.5, 0.6) is 5.75 Å². The predicted molar refractivity (Wildman–Crippen MR) is 133 cm³/mol. The Labute approximate surface area is 215 Å². The number of hydrogen-bond acceptors (Lipinski definition) is 8. The molecular formula is C25H25F5N6O2. The highest BCUT2D eigenvalue weighted by atomic mass is 19.4. The van der Waals surface area contributed by atoms with Gasteiger partial charge in [0.15, 0.2) is 12.0 Å². The highest BCUT2D eigenvalue weighted by Crippen LogP contribution is 2.37. The van der Waals surface area contributed by atoms with Crippen LogP contribution in [-0.2, 0) is 12.6 Å². The number of aryl methyl sites for hydroxylation is 1. The van der Waals surface area contributed by atoms with E-state index in [-0.39, 0.29) is 28.6 Å². The molecule has 0 spiro atoms. The normalized spacial score (nSPS) is 13.9. The average Bonchev–Trinajstić information content (AvgIpc) is 2.89. The molecule has 1 aromatic heterocycles. The molecule has 0 amide bonds. The SMILES string of the molecule is CCc1cccc(Nc2nc(Nc3ccc(N4CCNCC4)cc3OC(F)F)ncc2C(F)(F)F)c1C=O. The molecular weight excluding hydrogens is 511 g/mol. The highest BCUT2D eigenvalue weighted by Gasteiger charge is 2.35. The topological polar surface area (TPSA) is 91.4 Å². The summed E-state index contributed by atoms with van der Waals surface area (Å²) in [7, 11) is 0. The van der Waals surface area contributed by atoms with Gasteiger partial charge in [0.25, 0.3) is 0 Å². The van der Waals surface area contributed by atoms with E-state index >= 15 is 0 Å². The second-order valence-electron chi connectivity index (χ2n) is 8.35. The number of carbonyl (C=O) groups is 1. The number of alkyl halides is 5. The molecule has 202 valence electrons. The molecule has 0 unspecified atom stereocenters. The van der Waals surface area contributed by atoms with E-state index in [0.717, 1.165) is 13.1 Å². The molecule has 8 nitrogen and oxygen atoms in total. The minimum Gasteiger partial charge on any atom is -0.433 e. The summed E-state index contributed by atoms with van der Waals surface area (Å²) in [5.74, 6) is -1.12. The molecule has 3 aromatic rings. The van der Waals surface area contributed by atoms with Crippen molar-refractivity contribution in [2.75, 3.05) is 41.7 Å². The van der Waals surface area contributed by atoms with E-state index in [0.29, 0.717) is 43.2 Å². The van der Waals surface area contributed by atoms with Gasteiger partial charge in [-0.1, -0.05) is 19.1 Å². The Balaban J connectivity index is 1.69. The zero-order valence-corrected chi connectivity index (χ0v) is 20.3. The van der Waals surface area contributed by atoms with Gasteiger partial charge in [0, 0.05) is 49.7 Å². The molecule has 1 aliphatic heterocycles. The Morgan fingerprint density at radius 2 is 1.89 bits per heavy atom. The van der Waals surface area contributed by atoms with Crippen molar-refractivity contribution in [1.82, 2.24) is 15.3 Å². The monoisotopic (exact) mass is 536 g/mol. The number of nitrogens with zero attached hydrogens (tertiary/aromatic N) is 3. The van der Waals surface area contributed by atoms with Crippen molar-refractivity contribution < 1.29 is 31.5 Å². The summed E-state index contributed by atoms with van der Waals surface area (Å²) in [6, 6.07) is 9.34. The quantitative estimate of drug-likeness (QED) is 0.249. The zero-order chi connectivity index (χ0) is 27.3. The third kappa shape index (κ3) is 6.28. The molecule has 0 aliphatic carbocycles. The van der Waals surface area contributed by atoms with E-state index in [2.05, 4.69) is 30.7 Å². The maximum atomic E-state index is 13.7. The van der Waals surface area contributed by atoms with Gasteiger partial charge in [-0.15, -0.1) is 0 Å². The molecule has 0 bridgehead atoms. The summed E-state index contributed by atoms with van der Waals surface area (Å²) < 4.78 is 72.2. The van der Waals surface area contributed by atoms with Crippen molar-refractivity contribution in [2.24, 2.45) is 0 Å². The largest absolute Gasteiger partial charge is 0.433 e. The van der Waals surface area contributed by atoms with E-state index in [4.69, 9.17) is 0 Å². The summed E-state index contributed by atoms with van der Waals surface area (Å²) in [4.78, 5) is 21.4. The fourth-order valence-electron chi connectivity index (χ4n) is 4.09. The minimum absolute atomic E-state index is 0.0384. The Morgan fingerprint density at radius 1 is 1.13 bits per heavy atom. The molecule has 0 radical (unpaired) electrons. The zero-order valence-electron chi connectivity index (χ0n) is 20.3. The minimum atomic E-state index is -4.81. The van der Waals surface area contributed by atoms with Crippen LogP contribution in [0.25, 0.3) is 0 Å². The number of anilines is 5. The number of aldehydes is 1. The van der Waals surface area contributed by atoms with Gasteiger partial charge in [0.05, 0.1) is 11.4 Å². The fraction of sp³-hybridized carbons (Fsp3) is 0.320. The summed E-state index contributed by atoms with van der Waals surface area (Å²) in [5.41, 5.74) is 0.505. The maximum Gasteiger partial charge on any atom is 0.421 e. The van der Waals surface area contributed by atoms with E-state index in [9.17, 15) is 26.7 Å². The molecule has 0 atom stereocenters. The number of nitrogens with one attached hydrogen (secondary N) is 3. The van der Waals surface area contributed by atoms with Crippen molar-refractivity contribution in [3.8, 4) is 5.75 Å². The van der Waals surface area contributed by atoms with Crippen molar-refractivity contribution in [3.63, 3.8) is 0 Å². The summed E-state index contributed by atoms with van der Waals surface area (Å²) >= 11 is 0. The summed E-state index contributed by atoms with van der Waals surface area (Å²) in [5, 5.41) is 8.47. The molecule has 1 aliphatic rings. The van der Waals surface area contributed by atoms with Gasteiger partial charge in [-0.25, -0.2) is 4.98 Å². The van der Waals surface area contributed by atoms with Gasteiger partial charge in [-0.3, -0.25) is 4.79 Å². The second-order valence-corrected chi connectivity index (χ2v) is 8.35. The lowest BCUT2D eigenvalue weighted by Crippen LogP contribution is -2.43. The lowest BCUT2D eigenvalue weighted by atomic mass is 10.0. The Hall–Kier alpha value is -4.00. The van der Waals surface area contributed by atoms with Crippen LogP contribution in [0.2, 0.25) is 0 Å². The van der Waals surface area contributed by atoms with Crippen molar-refractivity contribution >= 4 is 35.1 Å². The Morgan fingerprint density at radius 3 is 2.55 bits per heavy atom. The first kappa shape index (κ1) is 27.0. The first-order valence-corrected chi connectivity index (χ1v) is 11.8. The van der Waals surface area contributed by atoms with E-state index in [1.54, 1.807) is 18.2 Å². The van der Waals surface area contributed by atoms with Crippen molar-refractivity contribution in [1.29, 1.82) is 0 Å². The van der Waals surface area contributed by atoms with Crippen LogP contribution in [0.15, 0.2) is 42.6 Å². The first-order chi connectivity index (χ1) is 18.2. The number of halogens is 5. The third-order valence-electron chi connectivity index (χ3n) is 5.95. The van der Waals surface area contributed by atoms with Crippen LogP contribution in [0.3, 0.4) is 0 Å². The number of ether oxygens (including phenoxy) is 1. The molecule has 0 saturated carbocycles. The van der Waals surface area contributed by atoms with Gasteiger partial charge in [0.2, 0.25) is 5.95 Å². The number of piperazine rings is 1. The van der Waals surface area contributed by atoms with Crippen LogP contribution in [0.1, 0.15) is 28.4 Å². The Bertz CT molecular complexity index is 1280. The molecule has 13 heteroatoms. The van der Waals surface area contributed by atoms with Crippen LogP contribution < -0.4 is 25.6 Å². The number of benzene rings is 2. The molecule has 2 heterocycles. The summed E-state index contributed by atoms with van der Waals surface area (Å²) in [6.45, 7) is 1.47. The lowest BCUT2D eigenvalue weighted by molar-refractivity contribution is -0.137. The van der Waals surface area contributed by atoms with Gasteiger partial charge < -0.3 is 25.6 Å². The van der Waals surface area contributed by atoms with E-state index in [1.807, 2.05) is 11.8 Å². The van der Waals surface area contributed by atoms with Crippen molar-refractivity contribution in [3.05, 3.63) is 59.3 Å². The van der Waals surface area contributed by atoms with Gasteiger partial charge in [0.1, 0.15) is 11.4 Å². The van der Waals surface area contributed by atoms with E-state index in [1.165, 1.54) is 18.2 Å². The number of aromatic nitrogens is 2. The lowest BCUT2D eigenvalue weighted by Gasteiger charge is -2.30. The van der Waals surface area contributed by atoms with Crippen LogP contribution >= 0.6 is 0 Å². The van der Waals surface area contributed by atoms with Crippen molar-refractivity contribution in [2.45, 2.75) is 26.1 Å². The van der Waals surface area contributed by atoms with Gasteiger partial charge in [-0.2, -0.15) is 26.9 Å². The van der Waals surface area contributed by atoms with Gasteiger partial charge >= 0.3 is 12.8 Å². The van der Waals surface area contributed by atoms with Gasteiger partial charge in [-0.05, 0) is 30.2 Å². The first-order valence-electron chi connectivity index (χ1n) is 11.8. The smallest absolute Gasteiger partial charge is 0.421 e. The molecule has 38 heavy (non-hydrogen) atoms. The highest BCUT2D eigenvalue weighted by molar-refractivity contribution is 5.88. The molecule has 1 saturated heterocycles. The fourth-order valence-corrected chi connectivity index (χ4v) is 4.09. The number of hydrogen-bond donors (Lipinski definition) is 3.